The van der Waals surface area contributed by atoms with Crippen molar-refractivity contribution in [3.8, 4) is 0 Å². The minimum absolute atomic E-state index is 0.0844. The molecule has 1 saturated heterocycles. The molecule has 0 spiro atoms. The first kappa shape index (κ1) is 14.3. The Morgan fingerprint density at radius 3 is 1.76 bits per heavy atom. The second kappa shape index (κ2) is 6.39. The van der Waals surface area contributed by atoms with Crippen molar-refractivity contribution in [2.45, 2.75) is 5.54 Å². The van der Waals surface area contributed by atoms with Gasteiger partial charge in [0.25, 0.3) is 0 Å². The SMILES string of the molecule is OCC(c1ccccc1)(c1ccccc1)N1CCNCC1. The molecule has 0 amide bonds. The van der Waals surface area contributed by atoms with Crippen LogP contribution < -0.4 is 5.32 Å². The zero-order valence-corrected chi connectivity index (χ0v) is 12.2. The molecule has 0 saturated carbocycles. The van der Waals surface area contributed by atoms with Crippen LogP contribution in [0.4, 0.5) is 0 Å². The molecule has 0 atom stereocenters. The zero-order chi connectivity index (χ0) is 14.5. The summed E-state index contributed by atoms with van der Waals surface area (Å²) < 4.78 is 0. The first-order valence-corrected chi connectivity index (χ1v) is 7.55. The molecule has 2 aromatic carbocycles. The van der Waals surface area contributed by atoms with E-state index in [2.05, 4.69) is 34.5 Å². The van der Waals surface area contributed by atoms with Crippen LogP contribution in [0, 0.1) is 0 Å². The van der Waals surface area contributed by atoms with Crippen molar-refractivity contribution in [1.82, 2.24) is 10.2 Å². The van der Waals surface area contributed by atoms with Gasteiger partial charge in [0.15, 0.2) is 0 Å². The maximum absolute atomic E-state index is 10.4. The molecular weight excluding hydrogens is 260 g/mol. The van der Waals surface area contributed by atoms with Gasteiger partial charge in [0.05, 0.1) is 12.1 Å². The van der Waals surface area contributed by atoms with Crippen LogP contribution in [0.5, 0.6) is 0 Å². The van der Waals surface area contributed by atoms with Crippen LogP contribution in [0.25, 0.3) is 0 Å². The van der Waals surface area contributed by atoms with Gasteiger partial charge in [0, 0.05) is 26.2 Å². The van der Waals surface area contributed by atoms with Crippen molar-refractivity contribution in [2.24, 2.45) is 0 Å². The van der Waals surface area contributed by atoms with E-state index in [1.807, 2.05) is 36.4 Å². The van der Waals surface area contributed by atoms with Gasteiger partial charge in [-0.2, -0.15) is 0 Å². The Balaban J connectivity index is 2.12. The number of rotatable bonds is 4. The molecule has 2 N–H and O–H groups in total. The van der Waals surface area contributed by atoms with Crippen LogP contribution in [0.1, 0.15) is 11.1 Å². The highest BCUT2D eigenvalue weighted by Crippen LogP contribution is 2.35. The Bertz CT molecular complexity index is 510. The van der Waals surface area contributed by atoms with E-state index >= 15 is 0 Å². The predicted octanol–water partition coefficient (Wildman–Crippen LogP) is 1.83. The van der Waals surface area contributed by atoms with Crippen molar-refractivity contribution in [2.75, 3.05) is 32.8 Å². The van der Waals surface area contributed by atoms with E-state index in [9.17, 15) is 5.11 Å². The fourth-order valence-electron chi connectivity index (χ4n) is 3.29. The quantitative estimate of drug-likeness (QED) is 0.898. The minimum atomic E-state index is -0.454. The van der Waals surface area contributed by atoms with Crippen molar-refractivity contribution >= 4 is 0 Å². The van der Waals surface area contributed by atoms with Gasteiger partial charge in [-0.3, -0.25) is 4.90 Å². The minimum Gasteiger partial charge on any atom is -0.394 e. The van der Waals surface area contributed by atoms with Crippen LogP contribution in [0.3, 0.4) is 0 Å². The summed E-state index contributed by atoms with van der Waals surface area (Å²) >= 11 is 0. The van der Waals surface area contributed by atoms with Gasteiger partial charge in [0.2, 0.25) is 0 Å². The van der Waals surface area contributed by atoms with Crippen molar-refractivity contribution in [3.05, 3.63) is 71.8 Å². The zero-order valence-electron chi connectivity index (χ0n) is 12.2. The highest BCUT2D eigenvalue weighted by atomic mass is 16.3. The average molecular weight is 282 g/mol. The van der Waals surface area contributed by atoms with Crippen LogP contribution in [0.15, 0.2) is 60.7 Å². The number of nitrogens with one attached hydrogen (secondary N) is 1. The molecule has 3 rings (SSSR count). The number of nitrogens with zero attached hydrogens (tertiary/aromatic N) is 1. The molecule has 1 aliphatic rings. The number of hydrogen-bond donors (Lipinski definition) is 2. The summed E-state index contributed by atoms with van der Waals surface area (Å²) in [6.07, 6.45) is 0. The molecule has 110 valence electrons. The third kappa shape index (κ3) is 2.60. The Kier molecular flexibility index (Phi) is 4.34. The third-order valence-electron chi connectivity index (χ3n) is 4.39. The molecule has 0 radical (unpaired) electrons. The molecule has 2 aromatic rings. The lowest BCUT2D eigenvalue weighted by molar-refractivity contribution is 0.0475. The Morgan fingerprint density at radius 1 is 0.857 bits per heavy atom. The summed E-state index contributed by atoms with van der Waals surface area (Å²) in [6, 6.07) is 20.7. The fraction of sp³-hybridized carbons (Fsp3) is 0.333. The van der Waals surface area contributed by atoms with Gasteiger partial charge in [-0.05, 0) is 11.1 Å². The van der Waals surface area contributed by atoms with Crippen molar-refractivity contribution < 1.29 is 5.11 Å². The summed E-state index contributed by atoms with van der Waals surface area (Å²) in [5.74, 6) is 0. The second-order valence-electron chi connectivity index (χ2n) is 5.49. The smallest absolute Gasteiger partial charge is 0.0951 e. The normalized spacial score (nSPS) is 16.8. The van der Waals surface area contributed by atoms with Gasteiger partial charge in [0.1, 0.15) is 0 Å². The number of benzene rings is 2. The number of piperazine rings is 1. The van der Waals surface area contributed by atoms with Crippen LogP contribution in [-0.4, -0.2) is 42.8 Å². The molecule has 1 heterocycles. The summed E-state index contributed by atoms with van der Waals surface area (Å²) in [5.41, 5.74) is 1.85. The second-order valence-corrected chi connectivity index (χ2v) is 5.49. The van der Waals surface area contributed by atoms with Gasteiger partial charge in [-0.1, -0.05) is 60.7 Å². The van der Waals surface area contributed by atoms with Gasteiger partial charge in [-0.25, -0.2) is 0 Å². The first-order valence-electron chi connectivity index (χ1n) is 7.55. The van der Waals surface area contributed by atoms with Crippen molar-refractivity contribution in [1.29, 1.82) is 0 Å². The molecule has 3 heteroatoms. The van der Waals surface area contributed by atoms with Crippen LogP contribution in [-0.2, 0) is 5.54 Å². The summed E-state index contributed by atoms with van der Waals surface area (Å²) in [6.45, 7) is 3.87. The summed E-state index contributed by atoms with van der Waals surface area (Å²) in [7, 11) is 0. The molecule has 0 aliphatic carbocycles. The Morgan fingerprint density at radius 2 is 1.33 bits per heavy atom. The largest absolute Gasteiger partial charge is 0.394 e. The third-order valence-corrected chi connectivity index (χ3v) is 4.39. The lowest BCUT2D eigenvalue weighted by Gasteiger charge is -2.45. The lowest BCUT2D eigenvalue weighted by atomic mass is 9.81. The van der Waals surface area contributed by atoms with E-state index in [0.717, 1.165) is 37.3 Å². The molecule has 1 fully saturated rings. The number of aliphatic hydroxyl groups is 1. The first-order chi connectivity index (χ1) is 10.4. The van der Waals surface area contributed by atoms with E-state index in [1.54, 1.807) is 0 Å². The van der Waals surface area contributed by atoms with E-state index < -0.39 is 5.54 Å². The van der Waals surface area contributed by atoms with E-state index in [1.165, 1.54) is 0 Å². The Hall–Kier alpha value is -1.68. The van der Waals surface area contributed by atoms with Gasteiger partial charge in [-0.15, -0.1) is 0 Å². The molecular formula is C18H22N2O. The summed E-state index contributed by atoms with van der Waals surface area (Å²) in [4.78, 5) is 2.40. The highest BCUT2D eigenvalue weighted by Gasteiger charge is 2.40. The molecule has 21 heavy (non-hydrogen) atoms. The highest BCUT2D eigenvalue weighted by molar-refractivity contribution is 5.39. The molecule has 3 nitrogen and oxygen atoms in total. The number of aliphatic hydroxyl groups excluding tert-OH is 1. The predicted molar refractivity (Wildman–Crippen MR) is 85.2 cm³/mol. The topological polar surface area (TPSA) is 35.5 Å². The average Bonchev–Trinajstić information content (AvgIpc) is 2.59. The van der Waals surface area contributed by atoms with E-state index in [4.69, 9.17) is 0 Å². The fourth-order valence-corrected chi connectivity index (χ4v) is 3.29. The molecule has 1 aliphatic heterocycles. The summed E-state index contributed by atoms with van der Waals surface area (Å²) in [5, 5.41) is 13.8. The molecule has 0 bridgehead atoms. The Labute approximate surface area is 126 Å². The van der Waals surface area contributed by atoms with Gasteiger partial charge < -0.3 is 10.4 Å². The molecule has 0 aromatic heterocycles. The van der Waals surface area contributed by atoms with Crippen molar-refractivity contribution in [3.63, 3.8) is 0 Å². The van der Waals surface area contributed by atoms with E-state index in [0.29, 0.717) is 0 Å². The maximum Gasteiger partial charge on any atom is 0.0951 e. The number of hydrogen-bond acceptors (Lipinski definition) is 3. The lowest BCUT2D eigenvalue weighted by Crippen LogP contribution is -2.56. The maximum atomic E-state index is 10.4. The standard InChI is InChI=1S/C18H22N2O/c21-15-18(16-7-3-1-4-8-16,17-9-5-2-6-10-17)20-13-11-19-12-14-20/h1-10,19,21H,11-15H2. The molecule has 0 unspecified atom stereocenters. The monoisotopic (exact) mass is 282 g/mol. The van der Waals surface area contributed by atoms with Gasteiger partial charge >= 0.3 is 0 Å². The van der Waals surface area contributed by atoms with Crippen LogP contribution in [0.2, 0.25) is 0 Å². The van der Waals surface area contributed by atoms with Crippen LogP contribution >= 0.6 is 0 Å². The van der Waals surface area contributed by atoms with E-state index in [-0.39, 0.29) is 6.61 Å².